The van der Waals surface area contributed by atoms with Gasteiger partial charge in [0.25, 0.3) is 5.91 Å². The van der Waals surface area contributed by atoms with Crippen LogP contribution in [0.25, 0.3) is 0 Å². The van der Waals surface area contributed by atoms with Crippen molar-refractivity contribution in [2.75, 3.05) is 37.4 Å². The summed E-state index contributed by atoms with van der Waals surface area (Å²) >= 11 is 0. The number of rotatable bonds is 9. The van der Waals surface area contributed by atoms with Crippen LogP contribution in [0.2, 0.25) is 0 Å². The fraction of sp³-hybridized carbons (Fsp3) is 0.423. The molecule has 34 heavy (non-hydrogen) atoms. The molecular weight excluding hydrogens is 432 g/mol. The Balaban J connectivity index is 1.42. The fourth-order valence-electron chi connectivity index (χ4n) is 3.95. The van der Waals surface area contributed by atoms with Crippen LogP contribution in [-0.4, -0.2) is 55.4 Å². The molecule has 0 spiro atoms. The van der Waals surface area contributed by atoms with Crippen LogP contribution in [0.5, 0.6) is 5.75 Å². The van der Waals surface area contributed by atoms with Gasteiger partial charge < -0.3 is 25.6 Å². The predicted molar refractivity (Wildman–Crippen MR) is 133 cm³/mol. The highest BCUT2D eigenvalue weighted by Gasteiger charge is 2.25. The fourth-order valence-corrected chi connectivity index (χ4v) is 3.95. The third-order valence-corrected chi connectivity index (χ3v) is 5.83. The highest BCUT2D eigenvalue weighted by atomic mass is 16.5. The van der Waals surface area contributed by atoms with Crippen molar-refractivity contribution < 1.29 is 19.1 Å². The second-order valence-electron chi connectivity index (χ2n) is 8.81. The smallest absolute Gasteiger partial charge is 0.255 e. The van der Waals surface area contributed by atoms with Crippen molar-refractivity contribution in [2.24, 2.45) is 5.92 Å². The maximum atomic E-state index is 12.5. The summed E-state index contributed by atoms with van der Waals surface area (Å²) in [4.78, 5) is 39.3. The normalized spacial score (nSPS) is 14.5. The minimum absolute atomic E-state index is 0.0613. The molecule has 0 bridgehead atoms. The van der Waals surface area contributed by atoms with E-state index >= 15 is 0 Å². The Morgan fingerprint density at radius 2 is 1.68 bits per heavy atom. The molecule has 0 aliphatic carbocycles. The molecule has 1 fully saturated rings. The van der Waals surface area contributed by atoms with Gasteiger partial charge >= 0.3 is 0 Å². The predicted octanol–water partition coefficient (Wildman–Crippen LogP) is 3.51. The minimum Gasteiger partial charge on any atom is -0.495 e. The molecule has 3 amide bonds. The molecule has 3 N–H and O–H groups in total. The van der Waals surface area contributed by atoms with Gasteiger partial charge in [-0.2, -0.15) is 0 Å². The Morgan fingerprint density at radius 1 is 1.00 bits per heavy atom. The number of piperidine rings is 1. The maximum Gasteiger partial charge on any atom is 0.255 e. The van der Waals surface area contributed by atoms with Crippen molar-refractivity contribution in [3.05, 3.63) is 54.1 Å². The van der Waals surface area contributed by atoms with Crippen molar-refractivity contribution in [3.8, 4) is 5.75 Å². The first kappa shape index (κ1) is 25.2. The summed E-state index contributed by atoms with van der Waals surface area (Å²) < 4.78 is 5.26. The zero-order valence-electron chi connectivity index (χ0n) is 20.1. The van der Waals surface area contributed by atoms with Gasteiger partial charge in [0.15, 0.2) is 0 Å². The van der Waals surface area contributed by atoms with E-state index in [4.69, 9.17) is 4.74 Å². The summed E-state index contributed by atoms with van der Waals surface area (Å²) in [6, 6.07) is 14.1. The SMILES string of the molecule is COc1ccccc1NC(=O)c1ccc(NC(=O)CCN2CCC(C(=O)NC(C)C)CC2)cc1. The van der Waals surface area contributed by atoms with Crippen molar-refractivity contribution in [3.63, 3.8) is 0 Å². The molecule has 0 saturated carbocycles. The first-order chi connectivity index (χ1) is 16.4. The van der Waals surface area contributed by atoms with E-state index in [9.17, 15) is 14.4 Å². The van der Waals surface area contributed by atoms with Crippen LogP contribution in [0.15, 0.2) is 48.5 Å². The molecule has 8 nitrogen and oxygen atoms in total. The van der Waals surface area contributed by atoms with E-state index in [1.165, 1.54) is 0 Å². The van der Waals surface area contributed by atoms with Crippen molar-refractivity contribution in [1.29, 1.82) is 0 Å². The number of carbonyl (C=O) groups is 3. The molecule has 1 saturated heterocycles. The molecule has 2 aromatic carbocycles. The number of para-hydroxylation sites is 2. The Bertz CT molecular complexity index is 983. The lowest BCUT2D eigenvalue weighted by atomic mass is 9.95. The number of hydrogen-bond acceptors (Lipinski definition) is 5. The molecule has 1 aliphatic heterocycles. The number of anilines is 2. The monoisotopic (exact) mass is 466 g/mol. The van der Waals surface area contributed by atoms with E-state index in [-0.39, 0.29) is 29.7 Å². The second kappa shape index (κ2) is 12.2. The van der Waals surface area contributed by atoms with Crippen molar-refractivity contribution in [2.45, 2.75) is 39.2 Å². The molecule has 2 aromatic rings. The van der Waals surface area contributed by atoms with Gasteiger partial charge in [-0.05, 0) is 76.2 Å². The third-order valence-electron chi connectivity index (χ3n) is 5.83. The average Bonchev–Trinajstić information content (AvgIpc) is 2.83. The summed E-state index contributed by atoms with van der Waals surface area (Å²) in [5.74, 6) is 0.445. The number of carbonyl (C=O) groups excluding carboxylic acids is 3. The number of likely N-dealkylation sites (tertiary alicyclic amines) is 1. The van der Waals surface area contributed by atoms with Gasteiger partial charge in [-0.15, -0.1) is 0 Å². The summed E-state index contributed by atoms with van der Waals surface area (Å²) in [6.07, 6.45) is 2.01. The van der Waals surface area contributed by atoms with Crippen molar-refractivity contribution >= 4 is 29.1 Å². The summed E-state index contributed by atoms with van der Waals surface area (Å²) in [6.45, 7) is 6.23. The topological polar surface area (TPSA) is 99.8 Å². The van der Waals surface area contributed by atoms with Gasteiger partial charge in [-0.25, -0.2) is 0 Å². The van der Waals surface area contributed by atoms with Gasteiger partial charge in [0, 0.05) is 36.2 Å². The summed E-state index contributed by atoms with van der Waals surface area (Å²) in [7, 11) is 1.55. The third kappa shape index (κ3) is 7.31. The van der Waals surface area contributed by atoms with E-state index in [1.807, 2.05) is 26.0 Å². The molecular formula is C26H34N4O4. The van der Waals surface area contributed by atoms with Crippen LogP contribution < -0.4 is 20.7 Å². The van der Waals surface area contributed by atoms with Crippen LogP contribution in [0.1, 0.15) is 43.5 Å². The van der Waals surface area contributed by atoms with Crippen LogP contribution in [0, 0.1) is 5.92 Å². The molecule has 1 heterocycles. The van der Waals surface area contributed by atoms with Crippen molar-refractivity contribution in [1.82, 2.24) is 10.2 Å². The van der Waals surface area contributed by atoms with E-state index in [2.05, 4.69) is 20.9 Å². The molecule has 0 unspecified atom stereocenters. The lowest BCUT2D eigenvalue weighted by molar-refractivity contribution is -0.127. The first-order valence-electron chi connectivity index (χ1n) is 11.7. The Labute approximate surface area is 201 Å². The summed E-state index contributed by atoms with van der Waals surface area (Å²) in [5, 5.41) is 8.70. The number of nitrogens with zero attached hydrogens (tertiary/aromatic N) is 1. The van der Waals surface area contributed by atoms with E-state index in [1.54, 1.807) is 43.5 Å². The Kier molecular flexibility index (Phi) is 9.04. The van der Waals surface area contributed by atoms with Crippen LogP contribution in [0.3, 0.4) is 0 Å². The number of ether oxygens (including phenoxy) is 1. The van der Waals surface area contributed by atoms with Gasteiger partial charge in [0.05, 0.1) is 12.8 Å². The molecule has 0 atom stereocenters. The van der Waals surface area contributed by atoms with Gasteiger partial charge in [-0.1, -0.05) is 12.1 Å². The average molecular weight is 467 g/mol. The van der Waals surface area contributed by atoms with Crippen LogP contribution in [-0.2, 0) is 9.59 Å². The number of benzene rings is 2. The molecule has 0 radical (unpaired) electrons. The maximum absolute atomic E-state index is 12.5. The summed E-state index contributed by atoms with van der Waals surface area (Å²) in [5.41, 5.74) is 1.72. The zero-order chi connectivity index (χ0) is 24.5. The largest absolute Gasteiger partial charge is 0.495 e. The van der Waals surface area contributed by atoms with Gasteiger partial charge in [-0.3, -0.25) is 14.4 Å². The molecule has 8 heteroatoms. The molecule has 182 valence electrons. The highest BCUT2D eigenvalue weighted by Crippen LogP contribution is 2.24. The lowest BCUT2D eigenvalue weighted by Gasteiger charge is -2.31. The number of amides is 3. The van der Waals surface area contributed by atoms with Crippen LogP contribution >= 0.6 is 0 Å². The molecule has 1 aliphatic rings. The number of hydrogen-bond donors (Lipinski definition) is 3. The Hall–Kier alpha value is -3.39. The van der Waals surface area contributed by atoms with Gasteiger partial charge in [0.2, 0.25) is 11.8 Å². The number of methoxy groups -OCH3 is 1. The standard InChI is InChI=1S/C26H34N4O4/c1-18(2)27-25(32)20-12-15-30(16-13-20)17-14-24(31)28-21-10-8-19(9-11-21)26(33)29-22-6-4-5-7-23(22)34-3/h4-11,18,20H,12-17H2,1-3H3,(H,27,32)(H,28,31)(H,29,33). The van der Waals surface area contributed by atoms with E-state index < -0.39 is 0 Å². The number of nitrogens with one attached hydrogen (secondary N) is 3. The molecule has 0 aromatic heterocycles. The van der Waals surface area contributed by atoms with E-state index in [0.717, 1.165) is 25.9 Å². The molecule has 3 rings (SSSR count). The Morgan fingerprint density at radius 3 is 2.32 bits per heavy atom. The van der Waals surface area contributed by atoms with E-state index in [0.29, 0.717) is 35.7 Å². The first-order valence-corrected chi connectivity index (χ1v) is 11.7. The quantitative estimate of drug-likeness (QED) is 0.525. The zero-order valence-corrected chi connectivity index (χ0v) is 20.1. The lowest BCUT2D eigenvalue weighted by Crippen LogP contribution is -2.43. The second-order valence-corrected chi connectivity index (χ2v) is 8.81. The highest BCUT2D eigenvalue weighted by molar-refractivity contribution is 6.05. The van der Waals surface area contributed by atoms with Crippen LogP contribution in [0.4, 0.5) is 11.4 Å². The van der Waals surface area contributed by atoms with Gasteiger partial charge in [0.1, 0.15) is 5.75 Å². The minimum atomic E-state index is -0.257.